The number of carbonyl (C=O) groups is 1. The molecule has 18 heavy (non-hydrogen) atoms. The van der Waals surface area contributed by atoms with Crippen LogP contribution in [-0.4, -0.2) is 24.6 Å². The Balaban J connectivity index is 1.83. The average molecular weight is 246 g/mol. The first-order valence-electron chi connectivity index (χ1n) is 6.46. The van der Waals surface area contributed by atoms with Crippen LogP contribution in [0.2, 0.25) is 0 Å². The van der Waals surface area contributed by atoms with E-state index in [9.17, 15) is 4.79 Å². The summed E-state index contributed by atoms with van der Waals surface area (Å²) in [5.41, 5.74) is 1.59. The Kier molecular flexibility index (Phi) is 2.84. The number of hydrogen-bond acceptors (Lipinski definition) is 3. The average Bonchev–Trinajstić information content (AvgIpc) is 2.68. The molecule has 0 bridgehead atoms. The molecule has 1 aromatic rings. The van der Waals surface area contributed by atoms with Gasteiger partial charge >= 0.3 is 0 Å². The van der Waals surface area contributed by atoms with Gasteiger partial charge in [-0.3, -0.25) is 4.79 Å². The Hall–Kier alpha value is -1.39. The largest absolute Gasteiger partial charge is 0.338 e. The van der Waals surface area contributed by atoms with Crippen molar-refractivity contribution in [2.45, 2.75) is 31.6 Å². The smallest absolute Gasteiger partial charge is 0.254 e. The standard InChI is InChI=1S/C14H18N2O2/c1-10-3-2-4-11(9-10)12-16-13(17)14(18-12)5-7-15-8-6-14/h2-4,9,12,15H,5-8H2,1H3,(H,16,17). The first-order valence-corrected chi connectivity index (χ1v) is 6.46. The molecule has 0 radical (unpaired) electrons. The highest BCUT2D eigenvalue weighted by atomic mass is 16.5. The molecule has 1 atom stereocenters. The van der Waals surface area contributed by atoms with Gasteiger partial charge in [0.1, 0.15) is 0 Å². The number of benzene rings is 1. The minimum Gasteiger partial charge on any atom is -0.338 e. The molecule has 0 saturated carbocycles. The Morgan fingerprint density at radius 2 is 2.11 bits per heavy atom. The SMILES string of the molecule is Cc1cccc(C2NC(=O)C3(CCNCC3)O2)c1. The van der Waals surface area contributed by atoms with Crippen molar-refractivity contribution in [1.29, 1.82) is 0 Å². The highest BCUT2D eigenvalue weighted by Gasteiger charge is 2.48. The van der Waals surface area contributed by atoms with Crippen LogP contribution in [0.25, 0.3) is 0 Å². The maximum atomic E-state index is 12.2. The molecule has 1 unspecified atom stereocenters. The van der Waals surface area contributed by atoms with Gasteiger partial charge in [-0.2, -0.15) is 0 Å². The Morgan fingerprint density at radius 3 is 2.83 bits per heavy atom. The predicted octanol–water partition coefficient (Wildman–Crippen LogP) is 1.26. The van der Waals surface area contributed by atoms with E-state index in [-0.39, 0.29) is 12.1 Å². The molecule has 0 aliphatic carbocycles. The summed E-state index contributed by atoms with van der Waals surface area (Å²) < 4.78 is 6.04. The van der Waals surface area contributed by atoms with Crippen LogP contribution in [0, 0.1) is 6.92 Å². The van der Waals surface area contributed by atoms with Crippen LogP contribution in [-0.2, 0) is 9.53 Å². The lowest BCUT2D eigenvalue weighted by atomic mass is 9.92. The first-order chi connectivity index (χ1) is 8.70. The van der Waals surface area contributed by atoms with E-state index < -0.39 is 5.60 Å². The zero-order valence-corrected chi connectivity index (χ0v) is 10.5. The maximum Gasteiger partial charge on any atom is 0.254 e. The van der Waals surface area contributed by atoms with Crippen molar-refractivity contribution in [3.8, 4) is 0 Å². The van der Waals surface area contributed by atoms with Gasteiger partial charge in [0.15, 0.2) is 11.8 Å². The quantitative estimate of drug-likeness (QED) is 0.784. The summed E-state index contributed by atoms with van der Waals surface area (Å²) in [6, 6.07) is 8.09. The number of amides is 1. The van der Waals surface area contributed by atoms with Gasteiger partial charge in [0, 0.05) is 5.56 Å². The molecule has 2 fully saturated rings. The van der Waals surface area contributed by atoms with Gasteiger partial charge in [-0.25, -0.2) is 0 Å². The van der Waals surface area contributed by atoms with E-state index >= 15 is 0 Å². The van der Waals surface area contributed by atoms with Gasteiger partial charge in [0.25, 0.3) is 5.91 Å². The number of rotatable bonds is 1. The van der Waals surface area contributed by atoms with E-state index in [1.54, 1.807) is 0 Å². The molecule has 96 valence electrons. The van der Waals surface area contributed by atoms with Crippen LogP contribution in [0.1, 0.15) is 30.2 Å². The fourth-order valence-electron chi connectivity index (χ4n) is 2.72. The second-order valence-corrected chi connectivity index (χ2v) is 5.13. The third-order valence-corrected chi connectivity index (χ3v) is 3.78. The predicted molar refractivity (Wildman–Crippen MR) is 68.0 cm³/mol. The monoisotopic (exact) mass is 246 g/mol. The van der Waals surface area contributed by atoms with Crippen LogP contribution in [0.15, 0.2) is 24.3 Å². The van der Waals surface area contributed by atoms with Crippen molar-refractivity contribution in [3.63, 3.8) is 0 Å². The van der Waals surface area contributed by atoms with E-state index in [0.717, 1.165) is 31.5 Å². The molecule has 1 spiro atoms. The molecule has 2 saturated heterocycles. The van der Waals surface area contributed by atoms with Gasteiger partial charge in [-0.1, -0.05) is 29.8 Å². The summed E-state index contributed by atoms with van der Waals surface area (Å²) in [7, 11) is 0. The Bertz CT molecular complexity index is 467. The number of nitrogens with one attached hydrogen (secondary N) is 2. The normalized spacial score (nSPS) is 26.3. The summed E-state index contributed by atoms with van der Waals surface area (Å²) in [6.07, 6.45) is 1.21. The van der Waals surface area contributed by atoms with Crippen LogP contribution in [0.4, 0.5) is 0 Å². The summed E-state index contributed by atoms with van der Waals surface area (Å²) in [5, 5.41) is 6.23. The van der Waals surface area contributed by atoms with Crippen molar-refractivity contribution >= 4 is 5.91 Å². The highest BCUT2D eigenvalue weighted by Crippen LogP contribution is 2.35. The summed E-state index contributed by atoms with van der Waals surface area (Å²) in [6.45, 7) is 3.72. The lowest BCUT2D eigenvalue weighted by Gasteiger charge is -2.30. The van der Waals surface area contributed by atoms with Crippen LogP contribution < -0.4 is 10.6 Å². The second-order valence-electron chi connectivity index (χ2n) is 5.13. The number of carbonyl (C=O) groups excluding carboxylic acids is 1. The van der Waals surface area contributed by atoms with Gasteiger partial charge in [-0.15, -0.1) is 0 Å². The zero-order chi connectivity index (χ0) is 12.6. The van der Waals surface area contributed by atoms with E-state index in [1.807, 2.05) is 25.1 Å². The molecule has 4 heteroatoms. The lowest BCUT2D eigenvalue weighted by Crippen LogP contribution is -2.47. The molecule has 1 amide bonds. The lowest BCUT2D eigenvalue weighted by molar-refractivity contribution is -0.137. The summed E-state index contributed by atoms with van der Waals surface area (Å²) in [4.78, 5) is 12.2. The molecule has 2 aliphatic heterocycles. The fourth-order valence-corrected chi connectivity index (χ4v) is 2.72. The van der Waals surface area contributed by atoms with Crippen LogP contribution >= 0.6 is 0 Å². The fraction of sp³-hybridized carbons (Fsp3) is 0.500. The van der Waals surface area contributed by atoms with Gasteiger partial charge in [0.05, 0.1) is 0 Å². The molecule has 2 N–H and O–H groups in total. The van der Waals surface area contributed by atoms with E-state index in [0.29, 0.717) is 0 Å². The zero-order valence-electron chi connectivity index (χ0n) is 10.5. The van der Waals surface area contributed by atoms with Crippen LogP contribution in [0.5, 0.6) is 0 Å². The summed E-state index contributed by atoms with van der Waals surface area (Å²) in [5.74, 6) is 0.0375. The van der Waals surface area contributed by atoms with E-state index in [1.165, 1.54) is 5.56 Å². The van der Waals surface area contributed by atoms with Gasteiger partial charge in [0.2, 0.25) is 0 Å². The maximum absolute atomic E-state index is 12.2. The van der Waals surface area contributed by atoms with Crippen molar-refractivity contribution in [1.82, 2.24) is 10.6 Å². The molecular weight excluding hydrogens is 228 g/mol. The first kappa shape index (κ1) is 11.7. The number of hydrogen-bond donors (Lipinski definition) is 2. The van der Waals surface area contributed by atoms with E-state index in [2.05, 4.69) is 16.7 Å². The Labute approximate surface area is 107 Å². The summed E-state index contributed by atoms with van der Waals surface area (Å²) >= 11 is 0. The molecule has 2 aliphatic rings. The van der Waals surface area contributed by atoms with Crippen LogP contribution in [0.3, 0.4) is 0 Å². The molecule has 3 rings (SSSR count). The third kappa shape index (κ3) is 1.91. The number of piperidine rings is 1. The highest BCUT2D eigenvalue weighted by molar-refractivity contribution is 5.87. The minimum atomic E-state index is -0.611. The van der Waals surface area contributed by atoms with Crippen molar-refractivity contribution in [2.75, 3.05) is 13.1 Å². The molecule has 0 aromatic heterocycles. The molecule has 4 nitrogen and oxygen atoms in total. The number of ether oxygens (including phenoxy) is 1. The van der Waals surface area contributed by atoms with Gasteiger partial charge in [-0.05, 0) is 32.9 Å². The third-order valence-electron chi connectivity index (χ3n) is 3.78. The van der Waals surface area contributed by atoms with Gasteiger partial charge < -0.3 is 15.4 Å². The Morgan fingerprint density at radius 1 is 1.33 bits per heavy atom. The topological polar surface area (TPSA) is 50.4 Å². The minimum absolute atomic E-state index is 0.0375. The van der Waals surface area contributed by atoms with Crippen molar-refractivity contribution in [2.24, 2.45) is 0 Å². The molecule has 1 aromatic carbocycles. The van der Waals surface area contributed by atoms with E-state index in [4.69, 9.17) is 4.74 Å². The molecular formula is C14H18N2O2. The van der Waals surface area contributed by atoms with Crippen molar-refractivity contribution in [3.05, 3.63) is 35.4 Å². The second kappa shape index (κ2) is 4.37. The van der Waals surface area contributed by atoms with Crippen molar-refractivity contribution < 1.29 is 9.53 Å². The molecule has 2 heterocycles. The number of aryl methyl sites for hydroxylation is 1.